The Hall–Kier alpha value is -2.60. The molecule has 0 spiro atoms. The molecule has 2 heterocycles. The smallest absolute Gasteiger partial charge is 0.205 e. The van der Waals surface area contributed by atoms with Crippen molar-refractivity contribution in [2.45, 2.75) is 13.0 Å². The molecular weight excluding hydrogens is 254 g/mol. The lowest BCUT2D eigenvalue weighted by molar-refractivity contribution is 0.198. The number of hydrogen-bond acceptors (Lipinski definition) is 5. The normalized spacial score (nSPS) is 12.3. The van der Waals surface area contributed by atoms with Gasteiger partial charge in [-0.1, -0.05) is 36.4 Å². The number of aliphatic hydroxyl groups is 1. The summed E-state index contributed by atoms with van der Waals surface area (Å²) in [5, 5.41) is 22.1. The summed E-state index contributed by atoms with van der Waals surface area (Å²) in [4.78, 5) is 5.55. The fourth-order valence-electron chi connectivity index (χ4n) is 1.91. The summed E-state index contributed by atoms with van der Waals surface area (Å²) in [5.74, 6) is 1.00. The Balaban J connectivity index is 2.03. The van der Waals surface area contributed by atoms with Crippen LogP contribution in [0.3, 0.4) is 0 Å². The van der Waals surface area contributed by atoms with Gasteiger partial charge >= 0.3 is 0 Å². The van der Waals surface area contributed by atoms with Crippen molar-refractivity contribution in [1.29, 1.82) is 0 Å². The summed E-state index contributed by atoms with van der Waals surface area (Å²) in [5.41, 5.74) is 1.54. The second-order valence-electron chi connectivity index (χ2n) is 4.36. The molecule has 0 saturated heterocycles. The van der Waals surface area contributed by atoms with Gasteiger partial charge in [-0.3, -0.25) is 0 Å². The molecule has 20 heavy (non-hydrogen) atoms. The lowest BCUT2D eigenvalue weighted by Crippen LogP contribution is -2.08. The van der Waals surface area contributed by atoms with Crippen LogP contribution in [0.4, 0.5) is 0 Å². The van der Waals surface area contributed by atoms with Crippen molar-refractivity contribution in [1.82, 2.24) is 25.2 Å². The molecule has 1 N–H and O–H groups in total. The van der Waals surface area contributed by atoms with Gasteiger partial charge in [0.2, 0.25) is 5.82 Å². The largest absolute Gasteiger partial charge is 0.389 e. The monoisotopic (exact) mass is 267 g/mol. The summed E-state index contributed by atoms with van der Waals surface area (Å²) in [7, 11) is 0. The van der Waals surface area contributed by atoms with Crippen molar-refractivity contribution in [3.8, 4) is 17.2 Å². The number of nitrogens with zero attached hydrogens (tertiary/aromatic N) is 5. The van der Waals surface area contributed by atoms with E-state index in [0.717, 1.165) is 5.56 Å². The molecule has 0 amide bonds. The van der Waals surface area contributed by atoms with Crippen LogP contribution in [0.1, 0.15) is 18.6 Å². The molecule has 0 aliphatic heterocycles. The van der Waals surface area contributed by atoms with Crippen molar-refractivity contribution < 1.29 is 5.11 Å². The molecule has 0 aliphatic rings. The van der Waals surface area contributed by atoms with Gasteiger partial charge in [0.25, 0.3) is 0 Å². The van der Waals surface area contributed by atoms with Gasteiger partial charge < -0.3 is 5.11 Å². The maximum atomic E-state index is 9.76. The van der Waals surface area contributed by atoms with E-state index in [1.165, 1.54) is 4.80 Å². The molecule has 1 aromatic carbocycles. The summed E-state index contributed by atoms with van der Waals surface area (Å²) in [6.07, 6.45) is 0.983. The van der Waals surface area contributed by atoms with Gasteiger partial charge in [0.1, 0.15) is 0 Å². The van der Waals surface area contributed by atoms with Crippen molar-refractivity contribution in [3.63, 3.8) is 0 Å². The number of aromatic nitrogens is 5. The molecule has 100 valence electrons. The van der Waals surface area contributed by atoms with Crippen LogP contribution < -0.4 is 0 Å². The van der Waals surface area contributed by atoms with E-state index in [2.05, 4.69) is 20.4 Å². The zero-order chi connectivity index (χ0) is 13.9. The molecule has 0 radical (unpaired) electrons. The highest BCUT2D eigenvalue weighted by molar-refractivity contribution is 5.53. The standard InChI is InChI=1S/C14H13N5O/c1-10(20)12-8-5-9-15-14(12)19-17-13(16-18-19)11-6-3-2-4-7-11/h2-10,20H,1H3/t10-/m1/s1. The van der Waals surface area contributed by atoms with E-state index < -0.39 is 6.10 Å². The SMILES string of the molecule is C[C@@H](O)c1cccnc1-n1nnc(-c2ccccc2)n1. The number of pyridine rings is 1. The molecular formula is C14H13N5O. The van der Waals surface area contributed by atoms with Crippen LogP contribution in [0.2, 0.25) is 0 Å². The van der Waals surface area contributed by atoms with E-state index in [0.29, 0.717) is 17.2 Å². The van der Waals surface area contributed by atoms with E-state index in [1.807, 2.05) is 30.3 Å². The first-order valence-electron chi connectivity index (χ1n) is 6.24. The highest BCUT2D eigenvalue weighted by Gasteiger charge is 2.14. The van der Waals surface area contributed by atoms with E-state index in [9.17, 15) is 5.11 Å². The van der Waals surface area contributed by atoms with E-state index in [1.54, 1.807) is 25.3 Å². The van der Waals surface area contributed by atoms with Gasteiger partial charge in [0.15, 0.2) is 5.82 Å². The number of rotatable bonds is 3. The van der Waals surface area contributed by atoms with Gasteiger partial charge in [-0.15, -0.1) is 15.0 Å². The van der Waals surface area contributed by atoms with Crippen LogP contribution in [0.5, 0.6) is 0 Å². The minimum absolute atomic E-state index is 0.484. The molecule has 0 bridgehead atoms. The molecule has 3 aromatic rings. The Morgan fingerprint density at radius 1 is 1.10 bits per heavy atom. The van der Waals surface area contributed by atoms with E-state index in [-0.39, 0.29) is 0 Å². The second-order valence-corrected chi connectivity index (χ2v) is 4.36. The van der Waals surface area contributed by atoms with Gasteiger partial charge in [-0.25, -0.2) is 4.98 Å². The lowest BCUT2D eigenvalue weighted by atomic mass is 10.2. The highest BCUT2D eigenvalue weighted by atomic mass is 16.3. The van der Waals surface area contributed by atoms with Crippen molar-refractivity contribution in [2.75, 3.05) is 0 Å². The Bertz CT molecular complexity index is 708. The molecule has 3 rings (SSSR count). The molecule has 1 atom stereocenters. The van der Waals surface area contributed by atoms with Crippen LogP contribution >= 0.6 is 0 Å². The summed E-state index contributed by atoms with van der Waals surface area (Å²) in [6.45, 7) is 1.68. The van der Waals surface area contributed by atoms with Crippen molar-refractivity contribution >= 4 is 0 Å². The lowest BCUT2D eigenvalue weighted by Gasteiger charge is -2.08. The molecule has 2 aromatic heterocycles. The first-order chi connectivity index (χ1) is 9.75. The predicted molar refractivity (Wildman–Crippen MR) is 73.0 cm³/mol. The Morgan fingerprint density at radius 3 is 2.65 bits per heavy atom. The third-order valence-electron chi connectivity index (χ3n) is 2.90. The molecule has 6 nitrogen and oxygen atoms in total. The fraction of sp³-hybridized carbons (Fsp3) is 0.143. The number of benzene rings is 1. The quantitative estimate of drug-likeness (QED) is 0.782. The Labute approximate surface area is 115 Å². The van der Waals surface area contributed by atoms with Crippen molar-refractivity contribution in [2.24, 2.45) is 0 Å². The molecule has 0 aliphatic carbocycles. The van der Waals surface area contributed by atoms with E-state index >= 15 is 0 Å². The number of aliphatic hydroxyl groups excluding tert-OH is 1. The zero-order valence-corrected chi connectivity index (χ0v) is 10.9. The third-order valence-corrected chi connectivity index (χ3v) is 2.90. The fourth-order valence-corrected chi connectivity index (χ4v) is 1.91. The molecule has 0 saturated carbocycles. The minimum atomic E-state index is -0.648. The van der Waals surface area contributed by atoms with Crippen LogP contribution in [-0.4, -0.2) is 30.3 Å². The van der Waals surface area contributed by atoms with Crippen LogP contribution in [0.15, 0.2) is 48.7 Å². The highest BCUT2D eigenvalue weighted by Crippen LogP contribution is 2.19. The summed E-state index contributed by atoms with van der Waals surface area (Å²) in [6, 6.07) is 13.1. The molecule has 6 heteroatoms. The Morgan fingerprint density at radius 2 is 1.90 bits per heavy atom. The van der Waals surface area contributed by atoms with Gasteiger partial charge in [-0.2, -0.15) is 0 Å². The third kappa shape index (κ3) is 2.28. The summed E-state index contributed by atoms with van der Waals surface area (Å²) >= 11 is 0. The Kier molecular flexibility index (Phi) is 3.22. The molecule has 0 unspecified atom stereocenters. The minimum Gasteiger partial charge on any atom is -0.389 e. The second kappa shape index (κ2) is 5.18. The average molecular weight is 267 g/mol. The zero-order valence-electron chi connectivity index (χ0n) is 10.9. The first-order valence-corrected chi connectivity index (χ1v) is 6.24. The van der Waals surface area contributed by atoms with Gasteiger partial charge in [-0.05, 0) is 18.2 Å². The van der Waals surface area contributed by atoms with Gasteiger partial charge in [0.05, 0.1) is 6.10 Å². The van der Waals surface area contributed by atoms with Crippen LogP contribution in [-0.2, 0) is 0 Å². The average Bonchev–Trinajstić information content (AvgIpc) is 2.98. The predicted octanol–water partition coefficient (Wildman–Crippen LogP) is 1.78. The number of tetrazole rings is 1. The van der Waals surface area contributed by atoms with Crippen LogP contribution in [0, 0.1) is 0 Å². The summed E-state index contributed by atoms with van der Waals surface area (Å²) < 4.78 is 0. The van der Waals surface area contributed by atoms with Crippen molar-refractivity contribution in [3.05, 3.63) is 54.2 Å². The maximum Gasteiger partial charge on any atom is 0.205 e. The number of hydrogen-bond donors (Lipinski definition) is 1. The van der Waals surface area contributed by atoms with Gasteiger partial charge in [0, 0.05) is 17.3 Å². The maximum absolute atomic E-state index is 9.76. The first kappa shape index (κ1) is 12.4. The molecule has 0 fully saturated rings. The van der Waals surface area contributed by atoms with E-state index in [4.69, 9.17) is 0 Å². The topological polar surface area (TPSA) is 76.7 Å². The van der Waals surface area contributed by atoms with Crippen LogP contribution in [0.25, 0.3) is 17.2 Å².